The molecule has 0 aliphatic carbocycles. The highest BCUT2D eigenvalue weighted by molar-refractivity contribution is 7.90. The molecule has 0 saturated heterocycles. The summed E-state index contributed by atoms with van der Waals surface area (Å²) >= 11 is 0. The molecular formula is C7H11O5PS. The van der Waals surface area contributed by atoms with Crippen LogP contribution in [0.4, 0.5) is 0 Å². The van der Waals surface area contributed by atoms with E-state index in [2.05, 4.69) is 0 Å². The summed E-state index contributed by atoms with van der Waals surface area (Å²) in [6.07, 6.45) is 1.20. The van der Waals surface area contributed by atoms with Crippen LogP contribution < -0.4 is 0 Å². The van der Waals surface area contributed by atoms with E-state index in [0.29, 0.717) is 4.90 Å². The molecule has 0 saturated carbocycles. The third-order valence-corrected chi connectivity index (χ3v) is 2.30. The van der Waals surface area contributed by atoms with Gasteiger partial charge in [0.05, 0.1) is 4.90 Å². The van der Waals surface area contributed by atoms with Crippen molar-refractivity contribution >= 4 is 18.1 Å². The zero-order valence-corrected chi connectivity index (χ0v) is 9.23. The molecule has 0 radical (unpaired) electrons. The lowest BCUT2D eigenvalue weighted by molar-refractivity contribution is 0.405. The molecule has 1 aromatic rings. The molecule has 14 heavy (non-hydrogen) atoms. The van der Waals surface area contributed by atoms with Gasteiger partial charge in [0.1, 0.15) is 0 Å². The van der Waals surface area contributed by atoms with Crippen molar-refractivity contribution in [2.75, 3.05) is 6.26 Å². The molecule has 7 heteroatoms. The highest BCUT2D eigenvalue weighted by atomic mass is 32.2. The maximum absolute atomic E-state index is 10.8. The van der Waals surface area contributed by atoms with Crippen molar-refractivity contribution in [1.29, 1.82) is 0 Å². The average molecular weight is 238 g/mol. The van der Waals surface area contributed by atoms with Gasteiger partial charge in [0.25, 0.3) is 0 Å². The Bertz CT molecular complexity index is 382. The van der Waals surface area contributed by atoms with Crippen LogP contribution in [0, 0.1) is 0 Å². The predicted molar refractivity (Wildman–Crippen MR) is 53.0 cm³/mol. The maximum atomic E-state index is 10.8. The fourth-order valence-corrected chi connectivity index (χ4v) is 1.32. The van der Waals surface area contributed by atoms with E-state index in [1.165, 1.54) is 6.26 Å². The van der Waals surface area contributed by atoms with Gasteiger partial charge in [-0.25, -0.2) is 8.42 Å². The Balaban J connectivity index is 0.000000364. The predicted octanol–water partition coefficient (Wildman–Crippen LogP) is 0.451. The van der Waals surface area contributed by atoms with Crippen LogP contribution in [0.1, 0.15) is 0 Å². The molecule has 0 amide bonds. The topological polar surface area (TPSA) is 91.7 Å². The minimum Gasteiger partial charge on any atom is -0.326 e. The van der Waals surface area contributed by atoms with E-state index in [0.717, 1.165) is 0 Å². The highest BCUT2D eigenvalue weighted by Gasteiger charge is 2.02. The van der Waals surface area contributed by atoms with E-state index in [1.54, 1.807) is 30.3 Å². The smallest absolute Gasteiger partial charge is 0.314 e. The first kappa shape index (κ1) is 13.3. The molecule has 0 atom stereocenters. The molecule has 0 heterocycles. The van der Waals surface area contributed by atoms with Gasteiger partial charge in [-0.2, -0.15) is 0 Å². The van der Waals surface area contributed by atoms with Crippen molar-refractivity contribution in [3.05, 3.63) is 30.3 Å². The van der Waals surface area contributed by atoms with Crippen molar-refractivity contribution in [3.63, 3.8) is 0 Å². The summed E-state index contributed by atoms with van der Waals surface area (Å²) in [5, 5.41) is 0. The highest BCUT2D eigenvalue weighted by Crippen LogP contribution is 2.05. The van der Waals surface area contributed by atoms with Crippen molar-refractivity contribution < 1.29 is 22.8 Å². The molecule has 2 N–H and O–H groups in total. The summed E-state index contributed by atoms with van der Waals surface area (Å²) < 4.78 is 30.4. The van der Waals surface area contributed by atoms with Crippen LogP contribution in [0.3, 0.4) is 0 Å². The number of benzene rings is 1. The SMILES string of the molecule is CS(=O)(=O)c1ccccc1.O=[PH](O)O. The van der Waals surface area contributed by atoms with Crippen molar-refractivity contribution in [1.82, 2.24) is 0 Å². The summed E-state index contributed by atoms with van der Waals surface area (Å²) in [7, 11) is -6.13. The Hall–Kier alpha value is -0.680. The van der Waals surface area contributed by atoms with Crippen LogP contribution in [-0.2, 0) is 14.4 Å². The Morgan fingerprint density at radius 2 is 1.50 bits per heavy atom. The fourth-order valence-electron chi connectivity index (χ4n) is 0.668. The van der Waals surface area contributed by atoms with Gasteiger partial charge in [0.15, 0.2) is 9.84 Å². The quantitative estimate of drug-likeness (QED) is 0.693. The number of sulfone groups is 1. The van der Waals surface area contributed by atoms with Gasteiger partial charge in [0, 0.05) is 6.26 Å². The molecule has 0 fully saturated rings. The normalized spacial score (nSPS) is 10.6. The first-order chi connectivity index (χ1) is 6.34. The second-order valence-electron chi connectivity index (χ2n) is 2.37. The Morgan fingerprint density at radius 1 is 1.14 bits per heavy atom. The Kier molecular flexibility index (Phi) is 5.64. The van der Waals surface area contributed by atoms with Crippen LogP contribution in [-0.4, -0.2) is 24.5 Å². The van der Waals surface area contributed by atoms with Crippen molar-refractivity contribution in [2.24, 2.45) is 0 Å². The van der Waals surface area contributed by atoms with E-state index < -0.39 is 18.1 Å². The molecule has 0 aromatic heterocycles. The van der Waals surface area contributed by atoms with Crippen molar-refractivity contribution in [2.45, 2.75) is 4.90 Å². The lowest BCUT2D eigenvalue weighted by Gasteiger charge is -1.93. The van der Waals surface area contributed by atoms with E-state index in [4.69, 9.17) is 14.4 Å². The first-order valence-corrected chi connectivity index (χ1v) is 6.70. The average Bonchev–Trinajstić information content (AvgIpc) is 2.03. The van der Waals surface area contributed by atoms with E-state index >= 15 is 0 Å². The van der Waals surface area contributed by atoms with E-state index in [9.17, 15) is 8.42 Å². The summed E-state index contributed by atoms with van der Waals surface area (Å²) in [5.74, 6) is 0. The Labute approximate surface area is 82.9 Å². The minimum atomic E-state index is -3.13. The van der Waals surface area contributed by atoms with Crippen molar-refractivity contribution in [3.8, 4) is 0 Å². The second-order valence-corrected chi connectivity index (χ2v) is 4.95. The van der Waals surface area contributed by atoms with Crippen LogP contribution >= 0.6 is 8.25 Å². The zero-order chi connectivity index (χ0) is 11.2. The summed E-state index contributed by atoms with van der Waals surface area (Å²) in [6.45, 7) is 0. The van der Waals surface area contributed by atoms with Crippen LogP contribution in [0.5, 0.6) is 0 Å². The second kappa shape index (κ2) is 5.93. The van der Waals surface area contributed by atoms with Crippen LogP contribution in [0.15, 0.2) is 35.2 Å². The molecule has 0 aliphatic heterocycles. The number of hydrogen-bond acceptors (Lipinski definition) is 3. The molecule has 0 unspecified atom stereocenters. The number of hydrogen-bond donors (Lipinski definition) is 2. The first-order valence-electron chi connectivity index (χ1n) is 3.51. The molecule has 1 rings (SSSR count). The van der Waals surface area contributed by atoms with Gasteiger partial charge >= 0.3 is 8.25 Å². The molecule has 1 aromatic carbocycles. The molecular weight excluding hydrogens is 227 g/mol. The van der Waals surface area contributed by atoms with Gasteiger partial charge in [0.2, 0.25) is 0 Å². The third-order valence-electron chi connectivity index (χ3n) is 1.17. The molecule has 80 valence electrons. The largest absolute Gasteiger partial charge is 0.326 e. The zero-order valence-electron chi connectivity index (χ0n) is 7.41. The van der Waals surface area contributed by atoms with Gasteiger partial charge in [-0.3, -0.25) is 4.57 Å². The van der Waals surface area contributed by atoms with Gasteiger partial charge in [-0.05, 0) is 12.1 Å². The molecule has 0 aliphatic rings. The van der Waals surface area contributed by atoms with Crippen LogP contribution in [0.25, 0.3) is 0 Å². The van der Waals surface area contributed by atoms with Crippen LogP contribution in [0.2, 0.25) is 0 Å². The third kappa shape index (κ3) is 6.80. The summed E-state index contributed by atoms with van der Waals surface area (Å²) in [5.41, 5.74) is 0. The van der Waals surface area contributed by atoms with Gasteiger partial charge in [-0.15, -0.1) is 0 Å². The fraction of sp³-hybridized carbons (Fsp3) is 0.143. The lowest BCUT2D eigenvalue weighted by atomic mass is 10.4. The van der Waals surface area contributed by atoms with E-state index in [1.807, 2.05) is 0 Å². The summed E-state index contributed by atoms with van der Waals surface area (Å²) in [4.78, 5) is 14.7. The molecule has 5 nitrogen and oxygen atoms in total. The lowest BCUT2D eigenvalue weighted by Crippen LogP contribution is -1.95. The number of rotatable bonds is 1. The minimum absolute atomic E-state index is 0.370. The molecule has 0 spiro atoms. The van der Waals surface area contributed by atoms with Gasteiger partial charge < -0.3 is 9.79 Å². The maximum Gasteiger partial charge on any atom is 0.314 e. The summed E-state index contributed by atoms with van der Waals surface area (Å²) in [6, 6.07) is 8.35. The standard InChI is InChI=1S/C7H8O2S.H3O3P/c1-10(8,9)7-5-3-2-4-6-7;1-4(2)3/h2-6H,1H3;4H,(H2,1,2,3). The monoisotopic (exact) mass is 238 g/mol. The van der Waals surface area contributed by atoms with E-state index in [-0.39, 0.29) is 0 Å². The van der Waals surface area contributed by atoms with Gasteiger partial charge in [-0.1, -0.05) is 18.2 Å². The Morgan fingerprint density at radius 3 is 1.71 bits per heavy atom. The molecule has 0 bridgehead atoms.